The first-order valence-electron chi connectivity index (χ1n) is 8.58. The highest BCUT2D eigenvalue weighted by molar-refractivity contribution is 9.13. The van der Waals surface area contributed by atoms with Gasteiger partial charge in [-0.1, -0.05) is 13.0 Å². The van der Waals surface area contributed by atoms with Gasteiger partial charge in [0, 0.05) is 11.8 Å². The van der Waals surface area contributed by atoms with Crippen molar-refractivity contribution in [1.82, 2.24) is 0 Å². The molecule has 3 aliphatic carbocycles. The van der Waals surface area contributed by atoms with E-state index in [9.17, 15) is 31.1 Å². The van der Waals surface area contributed by atoms with Crippen LogP contribution in [0.2, 0.25) is 0 Å². The molecule has 0 radical (unpaired) electrons. The van der Waals surface area contributed by atoms with Crippen LogP contribution >= 0.6 is 31.9 Å². The van der Waals surface area contributed by atoms with Crippen molar-refractivity contribution in [1.29, 1.82) is 0 Å². The summed E-state index contributed by atoms with van der Waals surface area (Å²) in [4.78, 5) is 12.2. The van der Waals surface area contributed by atoms with Gasteiger partial charge in [-0.25, -0.2) is 0 Å². The highest BCUT2D eigenvalue weighted by Gasteiger charge is 2.59. The predicted octanol–water partition coefficient (Wildman–Crippen LogP) is 6.72. The second kappa shape index (κ2) is 7.18. The lowest BCUT2D eigenvalue weighted by Crippen LogP contribution is -2.45. The number of fused-ring (bicyclic) bond motifs is 3. The monoisotopic (exact) mass is 536 g/mol. The SMILES string of the molecule is C[C@]12C=C(Br)C(=O)C(Br)=C1CC[C@@H]1C=C(OC(C(F)(F)F)C(F)(F)F)CC[C@@H]12. The zero-order valence-electron chi connectivity index (χ0n) is 14.6. The first-order chi connectivity index (χ1) is 12.7. The van der Waals surface area contributed by atoms with Crippen molar-refractivity contribution in [2.24, 2.45) is 17.3 Å². The maximum Gasteiger partial charge on any atom is 0.434 e. The summed E-state index contributed by atoms with van der Waals surface area (Å²) in [7, 11) is 0. The number of rotatable bonds is 2. The Kier molecular flexibility index (Phi) is 5.62. The van der Waals surface area contributed by atoms with E-state index in [-0.39, 0.29) is 29.8 Å². The van der Waals surface area contributed by atoms with Crippen LogP contribution < -0.4 is 0 Å². The molecule has 0 bridgehead atoms. The Morgan fingerprint density at radius 3 is 2.29 bits per heavy atom. The molecule has 0 aromatic rings. The number of hydrogen-bond donors (Lipinski definition) is 0. The molecule has 28 heavy (non-hydrogen) atoms. The third-order valence-electron chi connectivity index (χ3n) is 5.74. The molecule has 156 valence electrons. The van der Waals surface area contributed by atoms with E-state index in [1.807, 2.05) is 6.92 Å². The summed E-state index contributed by atoms with van der Waals surface area (Å²) in [5, 5.41) is 0. The quantitative estimate of drug-likeness (QED) is 0.366. The van der Waals surface area contributed by atoms with Crippen LogP contribution in [-0.2, 0) is 9.53 Å². The van der Waals surface area contributed by atoms with Crippen LogP contribution in [0.1, 0.15) is 32.6 Å². The molecule has 2 nitrogen and oxygen atoms in total. The third-order valence-corrected chi connectivity index (χ3v) is 7.17. The minimum atomic E-state index is -5.54. The minimum absolute atomic E-state index is 0.0241. The van der Waals surface area contributed by atoms with Crippen molar-refractivity contribution in [3.8, 4) is 0 Å². The van der Waals surface area contributed by atoms with Crippen LogP contribution in [0.15, 0.2) is 32.4 Å². The molecule has 0 amide bonds. The molecule has 0 heterocycles. The van der Waals surface area contributed by atoms with Crippen LogP contribution in [0.25, 0.3) is 0 Å². The van der Waals surface area contributed by atoms with Crippen molar-refractivity contribution in [2.45, 2.75) is 51.1 Å². The lowest BCUT2D eigenvalue weighted by molar-refractivity contribution is -0.313. The largest absolute Gasteiger partial charge is 0.476 e. The molecule has 10 heteroatoms. The van der Waals surface area contributed by atoms with E-state index in [1.165, 1.54) is 6.08 Å². The molecule has 0 saturated heterocycles. The Morgan fingerprint density at radius 2 is 1.71 bits per heavy atom. The van der Waals surface area contributed by atoms with Gasteiger partial charge in [0.25, 0.3) is 6.10 Å². The number of allylic oxidation sites excluding steroid dienone is 6. The fourth-order valence-electron chi connectivity index (χ4n) is 4.46. The van der Waals surface area contributed by atoms with Crippen LogP contribution in [-0.4, -0.2) is 24.2 Å². The maximum absolute atomic E-state index is 12.8. The van der Waals surface area contributed by atoms with E-state index in [1.54, 1.807) is 6.08 Å². The molecule has 3 atom stereocenters. The molecule has 0 aromatic carbocycles. The Balaban J connectivity index is 1.88. The van der Waals surface area contributed by atoms with Crippen molar-refractivity contribution in [2.75, 3.05) is 0 Å². The first-order valence-corrected chi connectivity index (χ1v) is 10.2. The molecular formula is C18H16Br2F6O2. The Bertz CT molecular complexity index is 766. The molecule has 0 aliphatic heterocycles. The fraction of sp³-hybridized carbons (Fsp3) is 0.611. The van der Waals surface area contributed by atoms with Gasteiger partial charge in [-0.05, 0) is 74.6 Å². The molecular weight excluding hydrogens is 522 g/mol. The first kappa shape index (κ1) is 21.9. The van der Waals surface area contributed by atoms with Gasteiger partial charge in [-0.15, -0.1) is 0 Å². The topological polar surface area (TPSA) is 26.3 Å². The number of hydrogen-bond acceptors (Lipinski definition) is 2. The molecule has 3 aliphatic rings. The van der Waals surface area contributed by atoms with E-state index < -0.39 is 23.9 Å². The van der Waals surface area contributed by atoms with Gasteiger partial charge in [-0.2, -0.15) is 26.3 Å². The molecule has 0 spiro atoms. The second-order valence-corrected chi connectivity index (χ2v) is 9.11. The summed E-state index contributed by atoms with van der Waals surface area (Å²) in [6.07, 6.45) is -10.3. The number of halogens is 8. The minimum Gasteiger partial charge on any atom is -0.476 e. The highest BCUT2D eigenvalue weighted by atomic mass is 79.9. The van der Waals surface area contributed by atoms with Crippen molar-refractivity contribution >= 4 is 37.6 Å². The van der Waals surface area contributed by atoms with E-state index in [2.05, 4.69) is 36.6 Å². The van der Waals surface area contributed by atoms with Gasteiger partial charge < -0.3 is 4.74 Å². The van der Waals surface area contributed by atoms with Crippen molar-refractivity contribution in [3.05, 3.63) is 32.4 Å². The molecule has 3 rings (SSSR count). The number of Topliss-reactive ketones (excluding diaryl/α,β-unsaturated/α-hetero) is 1. The normalized spacial score (nSPS) is 31.3. The second-order valence-electron chi connectivity index (χ2n) is 7.46. The van der Waals surface area contributed by atoms with Gasteiger partial charge in [0.1, 0.15) is 0 Å². The average molecular weight is 538 g/mol. The van der Waals surface area contributed by atoms with Gasteiger partial charge >= 0.3 is 12.4 Å². The summed E-state index contributed by atoms with van der Waals surface area (Å²) in [6.45, 7) is 1.95. The molecule has 1 saturated carbocycles. The molecule has 0 aromatic heterocycles. The van der Waals surface area contributed by atoms with E-state index >= 15 is 0 Å². The molecule has 0 unspecified atom stereocenters. The predicted molar refractivity (Wildman–Crippen MR) is 96.6 cm³/mol. The third kappa shape index (κ3) is 3.82. The van der Waals surface area contributed by atoms with Gasteiger partial charge in [0.15, 0.2) is 0 Å². The Labute approximate surface area is 174 Å². The summed E-state index contributed by atoms with van der Waals surface area (Å²) in [5.74, 6) is -0.720. The van der Waals surface area contributed by atoms with E-state index in [0.29, 0.717) is 28.2 Å². The number of ether oxygens (including phenoxy) is 1. The van der Waals surface area contributed by atoms with Crippen LogP contribution in [0, 0.1) is 17.3 Å². The number of carbonyl (C=O) groups is 1. The number of carbonyl (C=O) groups excluding carboxylic acids is 1. The van der Waals surface area contributed by atoms with Crippen molar-refractivity contribution in [3.63, 3.8) is 0 Å². The average Bonchev–Trinajstić information content (AvgIpc) is 2.55. The highest BCUT2D eigenvalue weighted by Crippen LogP contribution is 2.57. The fourth-order valence-corrected chi connectivity index (χ4v) is 6.24. The summed E-state index contributed by atoms with van der Waals surface area (Å²) < 4.78 is 82.0. The van der Waals surface area contributed by atoms with Gasteiger partial charge in [0.2, 0.25) is 5.78 Å². The van der Waals surface area contributed by atoms with E-state index in [4.69, 9.17) is 0 Å². The van der Waals surface area contributed by atoms with Gasteiger partial charge in [0.05, 0.1) is 14.7 Å². The summed E-state index contributed by atoms with van der Waals surface area (Å²) >= 11 is 6.60. The Hall–Kier alpha value is -0.770. The molecule has 0 N–H and O–H groups in total. The zero-order chi connectivity index (χ0) is 21.1. The zero-order valence-corrected chi connectivity index (χ0v) is 17.7. The lowest BCUT2D eigenvalue weighted by atomic mass is 9.56. The van der Waals surface area contributed by atoms with Crippen LogP contribution in [0.4, 0.5) is 26.3 Å². The molecule has 1 fully saturated rings. The standard InChI is InChI=1S/C18H16Br2F6O2/c1-16-7-12(19)14(27)13(20)11(16)4-2-8-6-9(3-5-10(8)16)28-15(17(21,22)23)18(24,25)26/h6-8,10,15H,2-5H2,1H3/t8-,10+,16-/m1/s1. The summed E-state index contributed by atoms with van der Waals surface area (Å²) in [6, 6.07) is 0. The Morgan fingerprint density at radius 1 is 1.11 bits per heavy atom. The lowest BCUT2D eigenvalue weighted by Gasteiger charge is -2.49. The maximum atomic E-state index is 12.8. The van der Waals surface area contributed by atoms with Crippen LogP contribution in [0.5, 0.6) is 0 Å². The van der Waals surface area contributed by atoms with Crippen LogP contribution in [0.3, 0.4) is 0 Å². The van der Waals surface area contributed by atoms with Crippen molar-refractivity contribution < 1.29 is 35.9 Å². The number of alkyl halides is 6. The number of ketones is 1. The smallest absolute Gasteiger partial charge is 0.434 e. The summed E-state index contributed by atoms with van der Waals surface area (Å²) in [5.41, 5.74) is 0.410. The van der Waals surface area contributed by atoms with E-state index in [0.717, 1.165) is 5.57 Å². The van der Waals surface area contributed by atoms with Gasteiger partial charge in [-0.3, -0.25) is 4.79 Å².